The van der Waals surface area contributed by atoms with Gasteiger partial charge in [-0.1, -0.05) is 26.0 Å². The van der Waals surface area contributed by atoms with E-state index in [0.29, 0.717) is 18.7 Å². The molecule has 1 fully saturated rings. The van der Waals surface area contributed by atoms with Gasteiger partial charge in [0.2, 0.25) is 11.8 Å². The molecule has 0 bridgehead atoms. The number of carbonyl (C=O) groups excluding carboxylic acids is 2. The van der Waals surface area contributed by atoms with Gasteiger partial charge in [-0.2, -0.15) is 0 Å². The fourth-order valence-corrected chi connectivity index (χ4v) is 2.77. The van der Waals surface area contributed by atoms with Gasteiger partial charge in [0.15, 0.2) is 0 Å². The number of piperidine rings is 1. The van der Waals surface area contributed by atoms with Crippen LogP contribution in [-0.2, 0) is 16.0 Å². The number of nitrogens with two attached hydrogens (primary N) is 1. The highest BCUT2D eigenvalue weighted by Crippen LogP contribution is 2.27. The first-order chi connectivity index (χ1) is 10.8. The summed E-state index contributed by atoms with van der Waals surface area (Å²) in [6, 6.07) is 5.96. The number of hydrogen-bond acceptors (Lipinski definition) is 3. The summed E-state index contributed by atoms with van der Waals surface area (Å²) in [7, 11) is 0. The predicted molar refractivity (Wildman–Crippen MR) is 86.1 cm³/mol. The molecule has 0 spiro atoms. The van der Waals surface area contributed by atoms with Gasteiger partial charge >= 0.3 is 0 Å². The minimum absolute atomic E-state index is 0.0422. The summed E-state index contributed by atoms with van der Waals surface area (Å²) in [4.78, 5) is 25.8. The molecule has 126 valence electrons. The van der Waals surface area contributed by atoms with Crippen LogP contribution >= 0.6 is 0 Å². The average Bonchev–Trinajstić information content (AvgIpc) is 2.47. The Hall–Kier alpha value is -1.95. The number of carbonyl (C=O) groups is 2. The Balaban J connectivity index is 1.81. The van der Waals surface area contributed by atoms with E-state index in [2.05, 4.69) is 5.32 Å². The predicted octanol–water partition coefficient (Wildman–Crippen LogP) is 1.07. The van der Waals surface area contributed by atoms with Crippen LogP contribution in [0.15, 0.2) is 24.3 Å². The second-order valence-electron chi connectivity index (χ2n) is 6.78. The first kappa shape index (κ1) is 17.4. The number of amides is 2. The van der Waals surface area contributed by atoms with E-state index >= 15 is 0 Å². The Kier molecular flexibility index (Phi) is 5.36. The number of likely N-dealkylation sites (tertiary alicyclic amines) is 1. The molecule has 0 radical (unpaired) electrons. The molecule has 1 unspecified atom stereocenters. The number of hydrogen-bond donors (Lipinski definition) is 2. The molecule has 1 heterocycles. The molecule has 23 heavy (non-hydrogen) atoms. The number of nitrogens with zero attached hydrogens (tertiary/aromatic N) is 1. The smallest absolute Gasteiger partial charge is 0.241 e. The van der Waals surface area contributed by atoms with Crippen molar-refractivity contribution in [2.75, 3.05) is 19.6 Å². The third-order valence-electron chi connectivity index (χ3n) is 4.36. The first-order valence-electron chi connectivity index (χ1n) is 7.82. The lowest BCUT2D eigenvalue weighted by Crippen LogP contribution is -2.55. The van der Waals surface area contributed by atoms with Gasteiger partial charge in [0.1, 0.15) is 5.82 Å². The maximum absolute atomic E-state index is 13.1. The standard InChI is InChI=1S/C17H24FN3O2/c1-17(2)11-21(7-6-14(17)19)16(23)10-20-15(22)9-12-4-3-5-13(18)8-12/h3-5,8,14H,6-7,9-11,19H2,1-2H3,(H,20,22). The van der Waals surface area contributed by atoms with Crippen LogP contribution in [0.1, 0.15) is 25.8 Å². The minimum Gasteiger partial charge on any atom is -0.347 e. The quantitative estimate of drug-likeness (QED) is 0.871. The molecule has 1 atom stereocenters. The second-order valence-corrected chi connectivity index (χ2v) is 6.78. The minimum atomic E-state index is -0.377. The van der Waals surface area contributed by atoms with E-state index in [1.165, 1.54) is 12.1 Å². The summed E-state index contributed by atoms with van der Waals surface area (Å²) in [6.07, 6.45) is 0.817. The van der Waals surface area contributed by atoms with E-state index in [9.17, 15) is 14.0 Å². The zero-order valence-electron chi connectivity index (χ0n) is 13.6. The van der Waals surface area contributed by atoms with E-state index < -0.39 is 0 Å². The zero-order valence-corrected chi connectivity index (χ0v) is 13.6. The van der Waals surface area contributed by atoms with Gasteiger partial charge in [0, 0.05) is 19.1 Å². The molecule has 3 N–H and O–H groups in total. The lowest BCUT2D eigenvalue weighted by atomic mass is 9.79. The van der Waals surface area contributed by atoms with E-state index in [-0.39, 0.29) is 42.1 Å². The van der Waals surface area contributed by atoms with Crippen molar-refractivity contribution in [3.8, 4) is 0 Å². The van der Waals surface area contributed by atoms with Gasteiger partial charge in [-0.25, -0.2) is 4.39 Å². The molecular weight excluding hydrogens is 297 g/mol. The van der Waals surface area contributed by atoms with E-state index in [1.54, 1.807) is 17.0 Å². The lowest BCUT2D eigenvalue weighted by Gasteiger charge is -2.42. The molecule has 5 nitrogen and oxygen atoms in total. The van der Waals surface area contributed by atoms with Gasteiger partial charge in [-0.15, -0.1) is 0 Å². The van der Waals surface area contributed by atoms with Crippen LogP contribution in [0.3, 0.4) is 0 Å². The van der Waals surface area contributed by atoms with Crippen molar-refractivity contribution >= 4 is 11.8 Å². The fraction of sp³-hybridized carbons (Fsp3) is 0.529. The molecule has 0 aromatic heterocycles. The summed E-state index contributed by atoms with van der Waals surface area (Å²) in [5.41, 5.74) is 6.51. The third-order valence-corrected chi connectivity index (χ3v) is 4.36. The highest BCUT2D eigenvalue weighted by Gasteiger charge is 2.35. The highest BCUT2D eigenvalue weighted by molar-refractivity contribution is 5.85. The highest BCUT2D eigenvalue weighted by atomic mass is 19.1. The summed E-state index contributed by atoms with van der Waals surface area (Å²) in [5.74, 6) is -0.784. The van der Waals surface area contributed by atoms with Crippen LogP contribution in [0.2, 0.25) is 0 Å². The Morgan fingerprint density at radius 3 is 2.83 bits per heavy atom. The molecule has 1 aliphatic heterocycles. The number of benzene rings is 1. The monoisotopic (exact) mass is 321 g/mol. The van der Waals surface area contributed by atoms with Crippen LogP contribution in [0.5, 0.6) is 0 Å². The molecule has 2 amide bonds. The average molecular weight is 321 g/mol. The SMILES string of the molecule is CC1(C)CN(C(=O)CNC(=O)Cc2cccc(F)c2)CCC1N. The number of rotatable bonds is 4. The van der Waals surface area contributed by atoms with Crippen molar-refractivity contribution in [2.45, 2.75) is 32.7 Å². The van der Waals surface area contributed by atoms with Gasteiger partial charge in [-0.3, -0.25) is 9.59 Å². The summed E-state index contributed by atoms with van der Waals surface area (Å²) < 4.78 is 13.1. The molecule has 1 aromatic carbocycles. The van der Waals surface area contributed by atoms with Crippen molar-refractivity contribution in [3.63, 3.8) is 0 Å². The molecule has 2 rings (SSSR count). The van der Waals surface area contributed by atoms with Crippen molar-refractivity contribution in [1.29, 1.82) is 0 Å². The van der Waals surface area contributed by atoms with Crippen LogP contribution in [0, 0.1) is 11.2 Å². The van der Waals surface area contributed by atoms with E-state index in [4.69, 9.17) is 5.73 Å². The van der Waals surface area contributed by atoms with E-state index in [1.807, 2.05) is 13.8 Å². The maximum atomic E-state index is 13.1. The molecule has 1 saturated heterocycles. The normalized spacial score (nSPS) is 20.2. The van der Waals surface area contributed by atoms with Crippen molar-refractivity contribution in [3.05, 3.63) is 35.6 Å². The topological polar surface area (TPSA) is 75.4 Å². The summed E-state index contributed by atoms with van der Waals surface area (Å²) in [5, 5.41) is 2.60. The molecule has 0 saturated carbocycles. The van der Waals surface area contributed by atoms with Crippen LogP contribution in [0.25, 0.3) is 0 Å². The Bertz CT molecular complexity index is 589. The molecule has 1 aromatic rings. The fourth-order valence-electron chi connectivity index (χ4n) is 2.77. The van der Waals surface area contributed by atoms with Gasteiger partial charge in [-0.05, 0) is 29.5 Å². The Morgan fingerprint density at radius 1 is 1.43 bits per heavy atom. The summed E-state index contributed by atoms with van der Waals surface area (Å²) >= 11 is 0. The first-order valence-corrected chi connectivity index (χ1v) is 7.82. The Labute approximate surface area is 136 Å². The second kappa shape index (κ2) is 7.08. The summed E-state index contributed by atoms with van der Waals surface area (Å²) in [6.45, 7) is 5.24. The lowest BCUT2D eigenvalue weighted by molar-refractivity contribution is -0.135. The zero-order chi connectivity index (χ0) is 17.0. The van der Waals surface area contributed by atoms with Crippen LogP contribution < -0.4 is 11.1 Å². The Morgan fingerprint density at radius 2 is 2.17 bits per heavy atom. The maximum Gasteiger partial charge on any atom is 0.241 e. The third kappa shape index (κ3) is 4.76. The van der Waals surface area contributed by atoms with Gasteiger partial charge < -0.3 is 16.0 Å². The van der Waals surface area contributed by atoms with Gasteiger partial charge in [0.25, 0.3) is 0 Å². The number of nitrogens with one attached hydrogen (secondary N) is 1. The van der Waals surface area contributed by atoms with Crippen molar-refractivity contribution < 1.29 is 14.0 Å². The van der Waals surface area contributed by atoms with Gasteiger partial charge in [0.05, 0.1) is 13.0 Å². The van der Waals surface area contributed by atoms with Crippen LogP contribution in [-0.4, -0.2) is 42.4 Å². The molecule has 6 heteroatoms. The van der Waals surface area contributed by atoms with Crippen LogP contribution in [0.4, 0.5) is 4.39 Å². The molecular formula is C17H24FN3O2. The van der Waals surface area contributed by atoms with Crippen molar-refractivity contribution in [1.82, 2.24) is 10.2 Å². The largest absolute Gasteiger partial charge is 0.347 e. The molecule has 0 aliphatic carbocycles. The van der Waals surface area contributed by atoms with Crippen molar-refractivity contribution in [2.24, 2.45) is 11.1 Å². The molecule has 1 aliphatic rings. The van der Waals surface area contributed by atoms with E-state index in [0.717, 1.165) is 6.42 Å². The number of halogens is 1.